The summed E-state index contributed by atoms with van der Waals surface area (Å²) in [5.41, 5.74) is 3.24. The molecule has 1 unspecified atom stereocenters. The highest BCUT2D eigenvalue weighted by atomic mass is 16.1. The molecule has 2 aromatic rings. The average Bonchev–Trinajstić information content (AvgIpc) is 2.62. The number of carbonyl (C=O) groups is 2. The first kappa shape index (κ1) is 14.2. The number of hydrogen-bond donors (Lipinski definition) is 0. The second-order valence-corrected chi connectivity index (χ2v) is 5.47. The van der Waals surface area contributed by atoms with Gasteiger partial charge in [-0.25, -0.2) is 0 Å². The highest BCUT2D eigenvalue weighted by molar-refractivity contribution is 5.77. The zero-order chi connectivity index (χ0) is 15.4. The van der Waals surface area contributed by atoms with Gasteiger partial charge in [0.2, 0.25) is 0 Å². The highest BCUT2D eigenvalue weighted by Crippen LogP contribution is 2.32. The maximum Gasteiger partial charge on any atom is 0.150 e. The Morgan fingerprint density at radius 2 is 1.45 bits per heavy atom. The van der Waals surface area contributed by atoms with Crippen molar-refractivity contribution < 1.29 is 9.59 Å². The monoisotopic (exact) mass is 288 g/mol. The Labute approximate surface area is 129 Å². The molecular weight excluding hydrogens is 272 g/mol. The van der Waals surface area contributed by atoms with Crippen molar-refractivity contribution in [2.75, 3.05) is 0 Å². The Hall–Kier alpha value is -2.74. The first-order valence-corrected chi connectivity index (χ1v) is 7.24. The van der Waals surface area contributed by atoms with E-state index in [1.165, 1.54) is 0 Å². The molecule has 22 heavy (non-hydrogen) atoms. The number of allylic oxidation sites excluding steroid dienone is 4. The second-order valence-electron chi connectivity index (χ2n) is 5.47. The van der Waals surface area contributed by atoms with Gasteiger partial charge < -0.3 is 4.79 Å². The summed E-state index contributed by atoms with van der Waals surface area (Å²) in [6, 6.07) is 15.5. The quantitative estimate of drug-likeness (QED) is 0.793. The highest BCUT2D eigenvalue weighted by Gasteiger charge is 2.28. The largest absolute Gasteiger partial charge is 0.302 e. The Morgan fingerprint density at radius 1 is 0.818 bits per heavy atom. The Kier molecular flexibility index (Phi) is 3.84. The van der Waals surface area contributed by atoms with E-state index >= 15 is 0 Å². The van der Waals surface area contributed by atoms with E-state index in [2.05, 4.69) is 0 Å². The van der Waals surface area contributed by atoms with Crippen LogP contribution in [0.1, 0.15) is 22.3 Å². The van der Waals surface area contributed by atoms with E-state index in [0.717, 1.165) is 29.3 Å². The first-order chi connectivity index (χ1) is 10.8. The summed E-state index contributed by atoms with van der Waals surface area (Å²) in [7, 11) is 0. The lowest BCUT2D eigenvalue weighted by molar-refractivity contribution is -0.111. The average molecular weight is 288 g/mol. The molecule has 1 aliphatic rings. The predicted molar refractivity (Wildman–Crippen MR) is 87.9 cm³/mol. The third-order valence-corrected chi connectivity index (χ3v) is 4.11. The summed E-state index contributed by atoms with van der Waals surface area (Å²) < 4.78 is 0. The maximum absolute atomic E-state index is 11.6. The molecule has 0 fully saturated rings. The molecule has 2 nitrogen and oxygen atoms in total. The van der Waals surface area contributed by atoms with E-state index in [1.807, 2.05) is 60.7 Å². The van der Waals surface area contributed by atoms with E-state index in [4.69, 9.17) is 0 Å². The number of carbonyl (C=O) groups excluding carboxylic acids is 2. The van der Waals surface area contributed by atoms with Crippen LogP contribution in [-0.2, 0) is 10.2 Å². The number of hydrogen-bond acceptors (Lipinski definition) is 2. The van der Waals surface area contributed by atoms with Gasteiger partial charge in [0.1, 0.15) is 12.6 Å². The van der Waals surface area contributed by atoms with Crippen molar-refractivity contribution in [3.63, 3.8) is 0 Å². The van der Waals surface area contributed by atoms with Crippen molar-refractivity contribution in [2.45, 2.75) is 11.8 Å². The number of benzene rings is 2. The number of aldehydes is 2. The van der Waals surface area contributed by atoms with Crippen LogP contribution in [0.5, 0.6) is 0 Å². The molecule has 0 amide bonds. The number of rotatable bonds is 4. The van der Waals surface area contributed by atoms with Crippen LogP contribution >= 0.6 is 0 Å². The third kappa shape index (κ3) is 2.56. The minimum atomic E-state index is -0.547. The van der Waals surface area contributed by atoms with Crippen LogP contribution in [0.3, 0.4) is 0 Å². The van der Waals surface area contributed by atoms with Crippen LogP contribution < -0.4 is 0 Å². The van der Waals surface area contributed by atoms with Crippen molar-refractivity contribution in [1.29, 1.82) is 0 Å². The van der Waals surface area contributed by atoms with Crippen LogP contribution in [0, 0.1) is 0 Å². The van der Waals surface area contributed by atoms with Crippen LogP contribution in [0.25, 0.3) is 11.1 Å². The fourth-order valence-electron chi connectivity index (χ4n) is 2.73. The van der Waals surface area contributed by atoms with E-state index in [0.29, 0.717) is 12.0 Å². The van der Waals surface area contributed by atoms with Gasteiger partial charge in [-0.1, -0.05) is 72.8 Å². The molecule has 0 saturated heterocycles. The molecule has 1 atom stereocenters. The summed E-state index contributed by atoms with van der Waals surface area (Å²) >= 11 is 0. The molecule has 0 radical (unpaired) electrons. The van der Waals surface area contributed by atoms with Gasteiger partial charge >= 0.3 is 0 Å². The lowest BCUT2D eigenvalue weighted by Gasteiger charge is -2.25. The maximum atomic E-state index is 11.6. The van der Waals surface area contributed by atoms with Crippen molar-refractivity contribution >= 4 is 12.6 Å². The van der Waals surface area contributed by atoms with Crippen molar-refractivity contribution in [1.82, 2.24) is 0 Å². The standard InChI is InChI=1S/C20H16O2/c21-14-16-4-6-17(7-5-16)18-8-10-19(11-9-18)20(15-22)12-2-1-3-13-20/h1-12,14-15H,13H2. The molecule has 0 heterocycles. The third-order valence-electron chi connectivity index (χ3n) is 4.11. The van der Waals surface area contributed by atoms with E-state index in [9.17, 15) is 9.59 Å². The molecule has 0 N–H and O–H groups in total. The fourth-order valence-corrected chi connectivity index (χ4v) is 2.73. The van der Waals surface area contributed by atoms with E-state index < -0.39 is 5.41 Å². The van der Waals surface area contributed by atoms with Gasteiger partial charge in [0.05, 0.1) is 5.41 Å². The van der Waals surface area contributed by atoms with Crippen LogP contribution in [0.15, 0.2) is 72.8 Å². The van der Waals surface area contributed by atoms with Gasteiger partial charge in [0.25, 0.3) is 0 Å². The zero-order valence-electron chi connectivity index (χ0n) is 12.1. The first-order valence-electron chi connectivity index (χ1n) is 7.24. The van der Waals surface area contributed by atoms with Crippen LogP contribution in [0.4, 0.5) is 0 Å². The minimum absolute atomic E-state index is 0.547. The molecule has 108 valence electrons. The normalized spacial score (nSPS) is 19.8. The summed E-state index contributed by atoms with van der Waals surface area (Å²) in [4.78, 5) is 22.3. The molecule has 0 aromatic heterocycles. The van der Waals surface area contributed by atoms with Gasteiger partial charge in [-0.2, -0.15) is 0 Å². The summed E-state index contributed by atoms with van der Waals surface area (Å²) in [5, 5.41) is 0. The Bertz CT molecular complexity index is 736. The van der Waals surface area contributed by atoms with Crippen LogP contribution in [0.2, 0.25) is 0 Å². The van der Waals surface area contributed by atoms with Gasteiger partial charge in [-0.15, -0.1) is 0 Å². The van der Waals surface area contributed by atoms with Gasteiger partial charge in [-0.05, 0) is 23.1 Å². The summed E-state index contributed by atoms with van der Waals surface area (Å²) in [5.74, 6) is 0. The van der Waals surface area contributed by atoms with E-state index in [-0.39, 0.29) is 0 Å². The zero-order valence-corrected chi connectivity index (χ0v) is 12.1. The molecule has 0 aliphatic heterocycles. The lowest BCUT2D eigenvalue weighted by Crippen LogP contribution is -2.25. The molecular formula is C20H16O2. The van der Waals surface area contributed by atoms with Crippen molar-refractivity contribution in [2.24, 2.45) is 0 Å². The molecule has 0 spiro atoms. The Balaban J connectivity index is 1.91. The van der Waals surface area contributed by atoms with E-state index in [1.54, 1.807) is 12.1 Å². The molecule has 2 aromatic carbocycles. The molecule has 3 rings (SSSR count). The smallest absolute Gasteiger partial charge is 0.150 e. The molecule has 2 heteroatoms. The molecule has 1 aliphatic carbocycles. The Morgan fingerprint density at radius 3 is 1.95 bits per heavy atom. The molecule has 0 saturated carbocycles. The second kappa shape index (κ2) is 5.94. The lowest BCUT2D eigenvalue weighted by atomic mass is 9.76. The summed E-state index contributed by atoms with van der Waals surface area (Å²) in [6.07, 6.45) is 10.4. The minimum Gasteiger partial charge on any atom is -0.302 e. The predicted octanol–water partition coefficient (Wildman–Crippen LogP) is 4.12. The van der Waals surface area contributed by atoms with Crippen molar-refractivity contribution in [3.05, 3.63) is 84.0 Å². The van der Waals surface area contributed by atoms with Crippen LogP contribution in [-0.4, -0.2) is 12.6 Å². The fraction of sp³-hybridized carbons (Fsp3) is 0.100. The van der Waals surface area contributed by atoms with Crippen molar-refractivity contribution in [3.8, 4) is 11.1 Å². The van der Waals surface area contributed by atoms with Gasteiger partial charge in [-0.3, -0.25) is 4.79 Å². The van der Waals surface area contributed by atoms with Gasteiger partial charge in [0.15, 0.2) is 0 Å². The SMILES string of the molecule is O=Cc1ccc(-c2ccc(C3(C=O)C=CC=CC3)cc2)cc1. The topological polar surface area (TPSA) is 34.1 Å². The van der Waals surface area contributed by atoms with Gasteiger partial charge in [0, 0.05) is 5.56 Å². The summed E-state index contributed by atoms with van der Waals surface area (Å²) in [6.45, 7) is 0. The molecule has 0 bridgehead atoms.